The molecule has 16 heavy (non-hydrogen) atoms. The molecular formula is C12H17BrN2O. The predicted molar refractivity (Wildman–Crippen MR) is 70.4 cm³/mol. The first-order chi connectivity index (χ1) is 7.70. The van der Waals surface area contributed by atoms with Crippen molar-refractivity contribution in [2.45, 2.75) is 0 Å². The molecule has 0 N–H and O–H groups in total. The van der Waals surface area contributed by atoms with Gasteiger partial charge in [-0.2, -0.15) is 0 Å². The van der Waals surface area contributed by atoms with E-state index in [4.69, 9.17) is 4.74 Å². The van der Waals surface area contributed by atoms with Gasteiger partial charge in [0, 0.05) is 30.7 Å². The predicted octanol–water partition coefficient (Wildman–Crippen LogP) is 2.21. The molecule has 1 aromatic rings. The lowest BCUT2D eigenvalue weighted by atomic mass is 10.2. The van der Waals surface area contributed by atoms with Crippen molar-refractivity contribution in [3.05, 3.63) is 22.7 Å². The lowest BCUT2D eigenvalue weighted by Gasteiger charge is -2.34. The van der Waals surface area contributed by atoms with Gasteiger partial charge in [-0.05, 0) is 25.2 Å². The molecule has 0 radical (unpaired) electrons. The van der Waals surface area contributed by atoms with Crippen LogP contribution in [0.25, 0.3) is 0 Å². The summed E-state index contributed by atoms with van der Waals surface area (Å²) in [6.07, 6.45) is 0. The third-order valence-corrected chi connectivity index (χ3v) is 3.48. The molecule has 3 nitrogen and oxygen atoms in total. The van der Waals surface area contributed by atoms with Gasteiger partial charge in [-0.15, -0.1) is 0 Å². The standard InChI is InChI=1S/C12H17BrN2O/c1-14-5-7-15(8-6-14)11-9-10(13)3-4-12(11)16-2/h3-4,9H,5-8H2,1-2H3. The minimum atomic E-state index is 0.952. The van der Waals surface area contributed by atoms with E-state index in [-0.39, 0.29) is 0 Å². The topological polar surface area (TPSA) is 15.7 Å². The second-order valence-corrected chi connectivity index (χ2v) is 5.02. The minimum Gasteiger partial charge on any atom is -0.495 e. The van der Waals surface area contributed by atoms with Crippen molar-refractivity contribution in [3.63, 3.8) is 0 Å². The van der Waals surface area contributed by atoms with Gasteiger partial charge in [-0.3, -0.25) is 0 Å². The number of benzene rings is 1. The molecule has 4 heteroatoms. The van der Waals surface area contributed by atoms with E-state index in [2.05, 4.69) is 38.8 Å². The van der Waals surface area contributed by atoms with E-state index in [0.717, 1.165) is 36.4 Å². The Hall–Kier alpha value is -0.740. The van der Waals surface area contributed by atoms with Crippen LogP contribution in [0.4, 0.5) is 5.69 Å². The molecule has 0 bridgehead atoms. The molecule has 1 saturated heterocycles. The fourth-order valence-electron chi connectivity index (χ4n) is 1.96. The van der Waals surface area contributed by atoms with Crippen LogP contribution in [0.5, 0.6) is 5.75 Å². The zero-order valence-corrected chi connectivity index (χ0v) is 11.3. The molecular weight excluding hydrogens is 268 g/mol. The van der Waals surface area contributed by atoms with E-state index in [1.165, 1.54) is 5.69 Å². The first-order valence-electron chi connectivity index (χ1n) is 5.48. The highest BCUT2D eigenvalue weighted by atomic mass is 79.9. The molecule has 0 amide bonds. The number of hydrogen-bond acceptors (Lipinski definition) is 3. The van der Waals surface area contributed by atoms with Crippen LogP contribution < -0.4 is 9.64 Å². The molecule has 1 fully saturated rings. The molecule has 0 saturated carbocycles. The van der Waals surface area contributed by atoms with Gasteiger partial charge < -0.3 is 14.5 Å². The molecule has 0 spiro atoms. The summed E-state index contributed by atoms with van der Waals surface area (Å²) in [6.45, 7) is 4.33. The molecule has 2 rings (SSSR count). The summed E-state index contributed by atoms with van der Waals surface area (Å²) < 4.78 is 6.50. The van der Waals surface area contributed by atoms with Gasteiger partial charge in [0.05, 0.1) is 12.8 Å². The largest absolute Gasteiger partial charge is 0.495 e. The lowest BCUT2D eigenvalue weighted by molar-refractivity contribution is 0.311. The number of hydrogen-bond donors (Lipinski definition) is 0. The van der Waals surface area contributed by atoms with E-state index < -0.39 is 0 Å². The second kappa shape index (κ2) is 5.06. The fraction of sp³-hybridized carbons (Fsp3) is 0.500. The van der Waals surface area contributed by atoms with Crippen molar-refractivity contribution in [3.8, 4) is 5.75 Å². The molecule has 0 aromatic heterocycles. The number of nitrogens with zero attached hydrogens (tertiary/aromatic N) is 2. The van der Waals surface area contributed by atoms with E-state index in [9.17, 15) is 0 Å². The van der Waals surface area contributed by atoms with Crippen LogP contribution in [0.1, 0.15) is 0 Å². The smallest absolute Gasteiger partial charge is 0.142 e. The van der Waals surface area contributed by atoms with Crippen molar-refractivity contribution in [2.24, 2.45) is 0 Å². The first-order valence-corrected chi connectivity index (χ1v) is 6.27. The normalized spacial score (nSPS) is 17.6. The van der Waals surface area contributed by atoms with Crippen LogP contribution >= 0.6 is 15.9 Å². The van der Waals surface area contributed by atoms with Gasteiger partial charge >= 0.3 is 0 Å². The Morgan fingerprint density at radius 2 is 1.88 bits per heavy atom. The maximum absolute atomic E-state index is 5.40. The van der Waals surface area contributed by atoms with Crippen LogP contribution in [0, 0.1) is 0 Å². The summed E-state index contributed by atoms with van der Waals surface area (Å²) in [6, 6.07) is 6.15. The van der Waals surface area contributed by atoms with E-state index in [1.54, 1.807) is 7.11 Å². The van der Waals surface area contributed by atoms with Crippen LogP contribution in [0.2, 0.25) is 0 Å². The third-order valence-electron chi connectivity index (χ3n) is 2.98. The number of ether oxygens (including phenoxy) is 1. The van der Waals surface area contributed by atoms with E-state index >= 15 is 0 Å². The summed E-state index contributed by atoms with van der Waals surface area (Å²) in [5.41, 5.74) is 1.19. The Balaban J connectivity index is 2.21. The lowest BCUT2D eigenvalue weighted by Crippen LogP contribution is -2.44. The van der Waals surface area contributed by atoms with Crippen LogP contribution in [-0.4, -0.2) is 45.2 Å². The molecule has 0 atom stereocenters. The highest BCUT2D eigenvalue weighted by molar-refractivity contribution is 9.10. The fourth-order valence-corrected chi connectivity index (χ4v) is 2.31. The van der Waals surface area contributed by atoms with E-state index in [1.807, 2.05) is 12.1 Å². The maximum atomic E-state index is 5.40. The highest BCUT2D eigenvalue weighted by Gasteiger charge is 2.17. The number of rotatable bonds is 2. The zero-order chi connectivity index (χ0) is 11.5. The number of anilines is 1. The molecule has 1 aliphatic rings. The number of likely N-dealkylation sites (N-methyl/N-ethyl adjacent to an activating group) is 1. The SMILES string of the molecule is COc1ccc(Br)cc1N1CCN(C)CC1. The van der Waals surface area contributed by atoms with E-state index in [0.29, 0.717) is 0 Å². The van der Waals surface area contributed by atoms with Gasteiger partial charge in [0.2, 0.25) is 0 Å². The summed E-state index contributed by atoms with van der Waals surface area (Å²) in [5.74, 6) is 0.952. The molecule has 1 heterocycles. The van der Waals surface area contributed by atoms with Crippen LogP contribution in [0.15, 0.2) is 22.7 Å². The Morgan fingerprint density at radius 1 is 1.19 bits per heavy atom. The Labute approximate surface area is 105 Å². The number of methoxy groups -OCH3 is 1. The number of piperazine rings is 1. The second-order valence-electron chi connectivity index (χ2n) is 4.11. The molecule has 88 valence electrons. The summed E-state index contributed by atoms with van der Waals surface area (Å²) in [4.78, 5) is 4.73. The van der Waals surface area contributed by atoms with Gasteiger partial charge in [-0.25, -0.2) is 0 Å². The zero-order valence-electron chi connectivity index (χ0n) is 9.74. The monoisotopic (exact) mass is 284 g/mol. The average Bonchev–Trinajstić information content (AvgIpc) is 2.30. The Morgan fingerprint density at radius 3 is 2.50 bits per heavy atom. The van der Waals surface area contributed by atoms with Crippen molar-refractivity contribution in [1.82, 2.24) is 4.90 Å². The molecule has 0 aliphatic carbocycles. The van der Waals surface area contributed by atoms with Crippen molar-refractivity contribution < 1.29 is 4.74 Å². The van der Waals surface area contributed by atoms with Crippen LogP contribution in [0.3, 0.4) is 0 Å². The Kier molecular flexibility index (Phi) is 3.71. The maximum Gasteiger partial charge on any atom is 0.142 e. The summed E-state index contributed by atoms with van der Waals surface area (Å²) in [5, 5.41) is 0. The first kappa shape index (κ1) is 11.7. The minimum absolute atomic E-state index is 0.952. The summed E-state index contributed by atoms with van der Waals surface area (Å²) in [7, 11) is 3.89. The molecule has 1 aliphatic heterocycles. The van der Waals surface area contributed by atoms with Gasteiger partial charge in [0.25, 0.3) is 0 Å². The van der Waals surface area contributed by atoms with Gasteiger partial charge in [0.15, 0.2) is 0 Å². The van der Waals surface area contributed by atoms with Crippen molar-refractivity contribution in [2.75, 3.05) is 45.2 Å². The quantitative estimate of drug-likeness (QED) is 0.828. The summed E-state index contributed by atoms with van der Waals surface area (Å²) >= 11 is 3.51. The highest BCUT2D eigenvalue weighted by Crippen LogP contribution is 2.31. The van der Waals surface area contributed by atoms with Crippen molar-refractivity contribution in [1.29, 1.82) is 0 Å². The Bertz CT molecular complexity index is 362. The molecule has 0 unspecified atom stereocenters. The molecule has 1 aromatic carbocycles. The van der Waals surface area contributed by atoms with Gasteiger partial charge in [-0.1, -0.05) is 15.9 Å². The number of halogens is 1. The van der Waals surface area contributed by atoms with Crippen LogP contribution in [-0.2, 0) is 0 Å². The average molecular weight is 285 g/mol. The van der Waals surface area contributed by atoms with Gasteiger partial charge in [0.1, 0.15) is 5.75 Å². The van der Waals surface area contributed by atoms with Crippen molar-refractivity contribution >= 4 is 21.6 Å². The third kappa shape index (κ3) is 2.50.